The van der Waals surface area contributed by atoms with Crippen molar-refractivity contribution in [3.63, 3.8) is 0 Å². The Morgan fingerprint density at radius 2 is 2.00 bits per heavy atom. The predicted octanol–water partition coefficient (Wildman–Crippen LogP) is 2.26. The van der Waals surface area contributed by atoms with Gasteiger partial charge in [0.05, 0.1) is 5.69 Å². The first kappa shape index (κ1) is 10.1. The maximum Gasteiger partial charge on any atom is 0.151 e. The Kier molecular flexibility index (Phi) is 2.94. The molecule has 1 aromatic carbocycles. The van der Waals surface area contributed by atoms with Crippen molar-refractivity contribution in [3.8, 4) is 11.3 Å². The highest BCUT2D eigenvalue weighted by molar-refractivity contribution is 6.29. The molecule has 1 aromatic heterocycles. The Morgan fingerprint density at radius 3 is 2.67 bits per heavy atom. The first-order valence-electron chi connectivity index (χ1n) is 4.58. The van der Waals surface area contributed by atoms with Crippen molar-refractivity contribution in [2.75, 3.05) is 0 Å². The second-order valence-corrected chi connectivity index (χ2v) is 3.53. The standard InChI is InChI=1S/C11H10ClN3/c12-11-5-4-10(14-15-11)9-3-1-2-8(6-9)7-13/h1-6H,7,13H2. The van der Waals surface area contributed by atoms with Gasteiger partial charge < -0.3 is 5.73 Å². The molecule has 1 heterocycles. The van der Waals surface area contributed by atoms with E-state index in [4.69, 9.17) is 17.3 Å². The topological polar surface area (TPSA) is 51.8 Å². The third-order valence-electron chi connectivity index (χ3n) is 2.09. The molecule has 0 spiro atoms. The van der Waals surface area contributed by atoms with Crippen LogP contribution < -0.4 is 5.73 Å². The number of benzene rings is 1. The molecule has 0 aliphatic heterocycles. The molecule has 0 radical (unpaired) electrons. The molecule has 0 atom stereocenters. The van der Waals surface area contributed by atoms with Gasteiger partial charge in [-0.2, -0.15) is 0 Å². The van der Waals surface area contributed by atoms with E-state index in [9.17, 15) is 0 Å². The lowest BCUT2D eigenvalue weighted by atomic mass is 10.1. The summed E-state index contributed by atoms with van der Waals surface area (Å²) >= 11 is 5.66. The third-order valence-corrected chi connectivity index (χ3v) is 2.29. The van der Waals surface area contributed by atoms with Gasteiger partial charge >= 0.3 is 0 Å². The molecule has 15 heavy (non-hydrogen) atoms. The van der Waals surface area contributed by atoms with Crippen LogP contribution in [0.15, 0.2) is 36.4 Å². The van der Waals surface area contributed by atoms with Gasteiger partial charge in [0.15, 0.2) is 5.15 Å². The summed E-state index contributed by atoms with van der Waals surface area (Å²) in [6.07, 6.45) is 0. The van der Waals surface area contributed by atoms with Crippen LogP contribution in [0.1, 0.15) is 5.56 Å². The molecule has 0 bridgehead atoms. The van der Waals surface area contributed by atoms with Gasteiger partial charge in [-0.15, -0.1) is 10.2 Å². The largest absolute Gasteiger partial charge is 0.326 e. The number of nitrogens with zero attached hydrogens (tertiary/aromatic N) is 2. The van der Waals surface area contributed by atoms with Gasteiger partial charge in [0.1, 0.15) is 0 Å². The first-order chi connectivity index (χ1) is 7.29. The highest BCUT2D eigenvalue weighted by atomic mass is 35.5. The zero-order valence-corrected chi connectivity index (χ0v) is 8.78. The lowest BCUT2D eigenvalue weighted by molar-refractivity contribution is 1.03. The van der Waals surface area contributed by atoms with E-state index in [1.54, 1.807) is 6.07 Å². The first-order valence-corrected chi connectivity index (χ1v) is 4.96. The normalized spacial score (nSPS) is 10.3. The fraction of sp³-hybridized carbons (Fsp3) is 0.0909. The monoisotopic (exact) mass is 219 g/mol. The molecule has 3 nitrogen and oxygen atoms in total. The van der Waals surface area contributed by atoms with Crippen LogP contribution in [-0.2, 0) is 6.54 Å². The molecule has 0 aliphatic carbocycles. The number of rotatable bonds is 2. The minimum Gasteiger partial charge on any atom is -0.326 e. The van der Waals surface area contributed by atoms with Crippen molar-refractivity contribution in [1.82, 2.24) is 10.2 Å². The molecule has 76 valence electrons. The number of aromatic nitrogens is 2. The quantitative estimate of drug-likeness (QED) is 0.843. The van der Waals surface area contributed by atoms with Crippen LogP contribution in [-0.4, -0.2) is 10.2 Å². The van der Waals surface area contributed by atoms with E-state index in [1.807, 2.05) is 30.3 Å². The summed E-state index contributed by atoms with van der Waals surface area (Å²) in [5.74, 6) is 0. The van der Waals surface area contributed by atoms with Crippen LogP contribution in [0.3, 0.4) is 0 Å². The van der Waals surface area contributed by atoms with Crippen LogP contribution in [0, 0.1) is 0 Å². The fourth-order valence-corrected chi connectivity index (χ4v) is 1.43. The van der Waals surface area contributed by atoms with E-state index in [-0.39, 0.29) is 0 Å². The minimum absolute atomic E-state index is 0.397. The zero-order valence-electron chi connectivity index (χ0n) is 8.02. The molecule has 0 saturated carbocycles. The van der Waals surface area contributed by atoms with Crippen molar-refractivity contribution >= 4 is 11.6 Å². The SMILES string of the molecule is NCc1cccc(-c2ccc(Cl)nn2)c1. The van der Waals surface area contributed by atoms with Crippen molar-refractivity contribution in [2.24, 2.45) is 5.73 Å². The molecule has 0 aliphatic rings. The van der Waals surface area contributed by atoms with E-state index in [2.05, 4.69) is 10.2 Å². The molecule has 2 rings (SSSR count). The Bertz CT molecular complexity index is 454. The van der Waals surface area contributed by atoms with Crippen LogP contribution >= 0.6 is 11.6 Å². The summed E-state index contributed by atoms with van der Waals surface area (Å²) in [6.45, 7) is 0.523. The van der Waals surface area contributed by atoms with Crippen LogP contribution in [0.2, 0.25) is 5.15 Å². The maximum absolute atomic E-state index is 5.66. The van der Waals surface area contributed by atoms with Crippen molar-refractivity contribution in [1.29, 1.82) is 0 Å². The second kappa shape index (κ2) is 4.38. The van der Waals surface area contributed by atoms with Gasteiger partial charge in [-0.05, 0) is 23.8 Å². The summed E-state index contributed by atoms with van der Waals surface area (Å²) in [4.78, 5) is 0. The van der Waals surface area contributed by atoms with Gasteiger partial charge in [0.2, 0.25) is 0 Å². The fourth-order valence-electron chi connectivity index (χ4n) is 1.33. The average molecular weight is 220 g/mol. The van der Waals surface area contributed by atoms with Crippen LogP contribution in [0.25, 0.3) is 11.3 Å². The molecule has 0 fully saturated rings. The van der Waals surface area contributed by atoms with E-state index in [0.717, 1.165) is 16.8 Å². The minimum atomic E-state index is 0.397. The van der Waals surface area contributed by atoms with Crippen molar-refractivity contribution in [2.45, 2.75) is 6.54 Å². The Balaban J connectivity index is 2.40. The molecular weight excluding hydrogens is 210 g/mol. The predicted molar refractivity (Wildman–Crippen MR) is 60.4 cm³/mol. The summed E-state index contributed by atoms with van der Waals surface area (Å²) in [5, 5.41) is 8.19. The van der Waals surface area contributed by atoms with E-state index in [1.165, 1.54) is 0 Å². The van der Waals surface area contributed by atoms with Crippen LogP contribution in [0.4, 0.5) is 0 Å². The summed E-state index contributed by atoms with van der Waals surface area (Å²) < 4.78 is 0. The van der Waals surface area contributed by atoms with Gasteiger partial charge in [-0.1, -0.05) is 29.8 Å². The van der Waals surface area contributed by atoms with Gasteiger partial charge in [0, 0.05) is 12.1 Å². The number of hydrogen-bond donors (Lipinski definition) is 1. The van der Waals surface area contributed by atoms with Gasteiger partial charge in [0.25, 0.3) is 0 Å². The van der Waals surface area contributed by atoms with Gasteiger partial charge in [-0.3, -0.25) is 0 Å². The van der Waals surface area contributed by atoms with Crippen molar-refractivity contribution in [3.05, 3.63) is 47.1 Å². The van der Waals surface area contributed by atoms with E-state index < -0.39 is 0 Å². The highest BCUT2D eigenvalue weighted by Gasteiger charge is 2.00. The van der Waals surface area contributed by atoms with E-state index in [0.29, 0.717) is 11.7 Å². The van der Waals surface area contributed by atoms with Crippen LogP contribution in [0.5, 0.6) is 0 Å². The van der Waals surface area contributed by atoms with Gasteiger partial charge in [-0.25, -0.2) is 0 Å². The smallest absolute Gasteiger partial charge is 0.151 e. The highest BCUT2D eigenvalue weighted by Crippen LogP contribution is 2.18. The second-order valence-electron chi connectivity index (χ2n) is 3.15. The Morgan fingerprint density at radius 1 is 1.13 bits per heavy atom. The van der Waals surface area contributed by atoms with E-state index >= 15 is 0 Å². The number of halogens is 1. The Hall–Kier alpha value is -1.45. The summed E-state index contributed by atoms with van der Waals surface area (Å²) in [6, 6.07) is 11.5. The average Bonchev–Trinajstić information content (AvgIpc) is 2.30. The summed E-state index contributed by atoms with van der Waals surface area (Å²) in [7, 11) is 0. The molecule has 0 amide bonds. The van der Waals surface area contributed by atoms with Crippen molar-refractivity contribution < 1.29 is 0 Å². The Labute approximate surface area is 92.9 Å². The zero-order chi connectivity index (χ0) is 10.7. The molecule has 0 saturated heterocycles. The molecule has 2 aromatic rings. The lowest BCUT2D eigenvalue weighted by Crippen LogP contribution is -1.96. The summed E-state index contributed by atoms with van der Waals surface area (Å²) in [5.41, 5.74) is 8.44. The molecule has 0 unspecified atom stereocenters. The lowest BCUT2D eigenvalue weighted by Gasteiger charge is -2.02. The molecule has 2 N–H and O–H groups in total. The molecule has 4 heteroatoms. The maximum atomic E-state index is 5.66. The molecular formula is C11H10ClN3. The number of nitrogens with two attached hydrogens (primary N) is 1. The third kappa shape index (κ3) is 2.32. The number of hydrogen-bond acceptors (Lipinski definition) is 3.